The molecular weight excluding hydrogens is 312 g/mol. The van der Waals surface area contributed by atoms with Crippen molar-refractivity contribution in [1.29, 1.82) is 0 Å². The van der Waals surface area contributed by atoms with Gasteiger partial charge in [0.15, 0.2) is 11.6 Å². The molecule has 126 valence electrons. The van der Waals surface area contributed by atoms with Crippen LogP contribution in [0.3, 0.4) is 0 Å². The molecule has 0 unspecified atom stereocenters. The van der Waals surface area contributed by atoms with Crippen LogP contribution >= 0.6 is 0 Å². The first-order valence-electron chi connectivity index (χ1n) is 8.10. The second kappa shape index (κ2) is 7.38. The molecule has 24 heavy (non-hydrogen) atoms. The molecule has 2 aromatic rings. The number of hydrogen-bond acceptors (Lipinski definition) is 3. The lowest BCUT2D eigenvalue weighted by molar-refractivity contribution is 0.102. The number of carbonyl (C=O) groups excluding carboxylic acids is 1. The number of amides is 1. The molecular formula is C18H19F2N3O. The fourth-order valence-corrected chi connectivity index (χ4v) is 2.90. The van der Waals surface area contributed by atoms with E-state index in [2.05, 4.69) is 15.6 Å². The summed E-state index contributed by atoms with van der Waals surface area (Å²) in [7, 11) is 0. The SMILES string of the molecule is O=C(Nc1ccc(F)c(F)c1)c1cncc(NC2CCCCC2)c1. The summed E-state index contributed by atoms with van der Waals surface area (Å²) in [5, 5.41) is 5.95. The zero-order chi connectivity index (χ0) is 16.9. The molecule has 6 heteroatoms. The standard InChI is InChI=1S/C18H19F2N3O/c19-16-7-6-14(9-17(16)20)23-18(24)12-8-15(11-21-10-12)22-13-4-2-1-3-5-13/h6-11,13,22H,1-5H2,(H,23,24). The number of hydrogen-bond donors (Lipinski definition) is 2. The van der Waals surface area contributed by atoms with Gasteiger partial charge in [-0.1, -0.05) is 19.3 Å². The summed E-state index contributed by atoms with van der Waals surface area (Å²) in [5.41, 5.74) is 1.35. The maximum atomic E-state index is 13.2. The number of carbonyl (C=O) groups is 1. The van der Waals surface area contributed by atoms with Crippen molar-refractivity contribution < 1.29 is 13.6 Å². The van der Waals surface area contributed by atoms with Gasteiger partial charge < -0.3 is 10.6 Å². The van der Waals surface area contributed by atoms with Crippen molar-refractivity contribution in [2.24, 2.45) is 0 Å². The summed E-state index contributed by atoms with van der Waals surface area (Å²) >= 11 is 0. The van der Waals surface area contributed by atoms with Gasteiger partial charge in [-0.2, -0.15) is 0 Å². The minimum atomic E-state index is -1.00. The largest absolute Gasteiger partial charge is 0.381 e. The van der Waals surface area contributed by atoms with Crippen LogP contribution in [-0.4, -0.2) is 16.9 Å². The number of aromatic nitrogens is 1. The van der Waals surface area contributed by atoms with E-state index in [1.54, 1.807) is 12.3 Å². The predicted octanol–water partition coefficient (Wildman–Crippen LogP) is 4.36. The van der Waals surface area contributed by atoms with Crippen molar-refractivity contribution in [3.05, 3.63) is 53.9 Å². The van der Waals surface area contributed by atoms with Gasteiger partial charge in [-0.05, 0) is 31.0 Å². The normalized spacial score (nSPS) is 15.1. The molecule has 0 radical (unpaired) electrons. The number of rotatable bonds is 4. The molecule has 0 atom stereocenters. The first-order valence-corrected chi connectivity index (χ1v) is 8.10. The van der Waals surface area contributed by atoms with E-state index in [4.69, 9.17) is 0 Å². The maximum absolute atomic E-state index is 13.2. The van der Waals surface area contributed by atoms with Gasteiger partial charge in [-0.25, -0.2) is 8.78 Å². The predicted molar refractivity (Wildman–Crippen MR) is 89.0 cm³/mol. The molecule has 1 fully saturated rings. The quantitative estimate of drug-likeness (QED) is 0.875. The van der Waals surface area contributed by atoms with Crippen molar-refractivity contribution >= 4 is 17.3 Å². The van der Waals surface area contributed by atoms with E-state index in [1.165, 1.54) is 31.5 Å². The first kappa shape index (κ1) is 16.4. The summed E-state index contributed by atoms with van der Waals surface area (Å²) in [6, 6.07) is 5.37. The fraction of sp³-hybridized carbons (Fsp3) is 0.333. The van der Waals surface area contributed by atoms with Crippen molar-refractivity contribution in [2.45, 2.75) is 38.1 Å². The fourth-order valence-electron chi connectivity index (χ4n) is 2.90. The van der Waals surface area contributed by atoms with Gasteiger partial charge in [-0.15, -0.1) is 0 Å². The average Bonchev–Trinajstić information content (AvgIpc) is 2.59. The van der Waals surface area contributed by atoms with Crippen LogP contribution in [0, 0.1) is 11.6 Å². The number of halogens is 2. The molecule has 0 saturated heterocycles. The average molecular weight is 331 g/mol. The topological polar surface area (TPSA) is 54.0 Å². The number of anilines is 2. The zero-order valence-corrected chi connectivity index (χ0v) is 13.2. The smallest absolute Gasteiger partial charge is 0.257 e. The molecule has 1 aromatic heterocycles. The monoisotopic (exact) mass is 331 g/mol. The number of nitrogens with one attached hydrogen (secondary N) is 2. The minimum absolute atomic E-state index is 0.199. The van der Waals surface area contributed by atoms with E-state index >= 15 is 0 Å². The molecule has 1 aliphatic carbocycles. The van der Waals surface area contributed by atoms with Crippen molar-refractivity contribution in [3.63, 3.8) is 0 Å². The molecule has 4 nitrogen and oxygen atoms in total. The second-order valence-corrected chi connectivity index (χ2v) is 6.02. The maximum Gasteiger partial charge on any atom is 0.257 e. The Morgan fingerprint density at radius 1 is 1.00 bits per heavy atom. The van der Waals surface area contributed by atoms with Gasteiger partial charge in [-0.3, -0.25) is 9.78 Å². The van der Waals surface area contributed by atoms with Crippen LogP contribution < -0.4 is 10.6 Å². The van der Waals surface area contributed by atoms with E-state index in [0.717, 1.165) is 30.7 Å². The van der Waals surface area contributed by atoms with Gasteiger partial charge in [0.25, 0.3) is 5.91 Å². The third kappa shape index (κ3) is 4.07. The third-order valence-corrected chi connectivity index (χ3v) is 4.15. The van der Waals surface area contributed by atoms with E-state index < -0.39 is 17.5 Å². The molecule has 0 aliphatic heterocycles. The second-order valence-electron chi connectivity index (χ2n) is 6.02. The highest BCUT2D eigenvalue weighted by atomic mass is 19.2. The minimum Gasteiger partial charge on any atom is -0.381 e. The zero-order valence-electron chi connectivity index (χ0n) is 13.2. The van der Waals surface area contributed by atoms with Crippen molar-refractivity contribution in [2.75, 3.05) is 10.6 Å². The van der Waals surface area contributed by atoms with Gasteiger partial charge in [0.05, 0.1) is 11.3 Å². The molecule has 1 amide bonds. The summed E-state index contributed by atoms with van der Waals surface area (Å²) in [4.78, 5) is 16.3. The molecule has 0 spiro atoms. The van der Waals surface area contributed by atoms with Crippen LogP contribution in [-0.2, 0) is 0 Å². The van der Waals surface area contributed by atoms with E-state index in [1.807, 2.05) is 0 Å². The highest BCUT2D eigenvalue weighted by Gasteiger charge is 2.14. The Hall–Kier alpha value is -2.50. The highest BCUT2D eigenvalue weighted by Crippen LogP contribution is 2.22. The van der Waals surface area contributed by atoms with Crippen LogP contribution in [0.4, 0.5) is 20.2 Å². The van der Waals surface area contributed by atoms with E-state index in [-0.39, 0.29) is 5.69 Å². The van der Waals surface area contributed by atoms with Crippen LogP contribution in [0.2, 0.25) is 0 Å². The molecule has 1 aromatic carbocycles. The molecule has 1 saturated carbocycles. The van der Waals surface area contributed by atoms with Crippen LogP contribution in [0.5, 0.6) is 0 Å². The Morgan fingerprint density at radius 2 is 1.79 bits per heavy atom. The van der Waals surface area contributed by atoms with E-state index in [9.17, 15) is 13.6 Å². The van der Waals surface area contributed by atoms with Gasteiger partial charge in [0.2, 0.25) is 0 Å². The van der Waals surface area contributed by atoms with Gasteiger partial charge in [0.1, 0.15) is 0 Å². The lowest BCUT2D eigenvalue weighted by atomic mass is 9.95. The van der Waals surface area contributed by atoms with Crippen molar-refractivity contribution in [1.82, 2.24) is 4.98 Å². The summed E-state index contributed by atoms with van der Waals surface area (Å²) < 4.78 is 26.1. The van der Waals surface area contributed by atoms with Gasteiger partial charge >= 0.3 is 0 Å². The van der Waals surface area contributed by atoms with Gasteiger partial charge in [0, 0.05) is 30.2 Å². The lowest BCUT2D eigenvalue weighted by Gasteiger charge is -2.23. The lowest BCUT2D eigenvalue weighted by Crippen LogP contribution is -2.22. The Morgan fingerprint density at radius 3 is 2.54 bits per heavy atom. The Bertz CT molecular complexity index is 730. The summed E-state index contributed by atoms with van der Waals surface area (Å²) in [6.45, 7) is 0. The van der Waals surface area contributed by atoms with Crippen LogP contribution in [0.1, 0.15) is 42.5 Å². The molecule has 1 heterocycles. The molecule has 3 rings (SSSR count). The number of pyridine rings is 1. The molecule has 1 aliphatic rings. The van der Waals surface area contributed by atoms with Crippen LogP contribution in [0.15, 0.2) is 36.7 Å². The molecule has 2 N–H and O–H groups in total. The highest BCUT2D eigenvalue weighted by molar-refractivity contribution is 6.04. The summed E-state index contributed by atoms with van der Waals surface area (Å²) in [6.07, 6.45) is 9.05. The first-order chi connectivity index (χ1) is 11.6. The molecule has 0 bridgehead atoms. The number of benzene rings is 1. The van der Waals surface area contributed by atoms with Crippen LogP contribution in [0.25, 0.3) is 0 Å². The third-order valence-electron chi connectivity index (χ3n) is 4.15. The summed E-state index contributed by atoms with van der Waals surface area (Å²) in [5.74, 6) is -2.37. The Kier molecular flexibility index (Phi) is 5.03. The van der Waals surface area contributed by atoms with E-state index in [0.29, 0.717) is 11.6 Å². The van der Waals surface area contributed by atoms with Crippen molar-refractivity contribution in [3.8, 4) is 0 Å². The Labute approximate surface area is 139 Å². The number of nitrogens with zero attached hydrogens (tertiary/aromatic N) is 1. The Balaban J connectivity index is 1.68.